The van der Waals surface area contributed by atoms with E-state index in [2.05, 4.69) is 14.9 Å². The summed E-state index contributed by atoms with van der Waals surface area (Å²) in [5, 5.41) is 7.18. The molecule has 0 bridgehead atoms. The highest BCUT2D eigenvalue weighted by atomic mass is 32.2. The summed E-state index contributed by atoms with van der Waals surface area (Å²) in [6.45, 7) is 1.70. The van der Waals surface area contributed by atoms with E-state index < -0.39 is 10.0 Å². The maximum atomic E-state index is 12.2. The molecule has 0 fully saturated rings. The number of aromatic nitrogens is 2. The van der Waals surface area contributed by atoms with Crippen molar-refractivity contribution in [3.63, 3.8) is 0 Å². The normalized spacial score (nSPS) is 11.7. The molecule has 3 heterocycles. The Hall–Kier alpha value is -1.71. The summed E-state index contributed by atoms with van der Waals surface area (Å²) in [7, 11) is -3.58. The van der Waals surface area contributed by atoms with E-state index in [1.807, 2.05) is 0 Å². The van der Waals surface area contributed by atoms with Gasteiger partial charge in [-0.25, -0.2) is 8.42 Å². The molecule has 0 aromatic carbocycles. The first kappa shape index (κ1) is 13.3. The standard InChI is InChI=1S/C11H9N3O3S3/c1-7-12-11(17-13-7)10-8(4-6-19-10)14-20(15,16)9-3-2-5-18-9/h2-6,14H,1H3. The van der Waals surface area contributed by atoms with Gasteiger partial charge in [0.05, 0.1) is 5.69 Å². The Labute approximate surface area is 123 Å². The van der Waals surface area contributed by atoms with E-state index in [1.54, 1.807) is 35.9 Å². The molecule has 0 radical (unpaired) electrons. The molecule has 0 aliphatic carbocycles. The predicted molar refractivity (Wildman–Crippen MR) is 77.5 cm³/mol. The highest BCUT2D eigenvalue weighted by molar-refractivity contribution is 7.94. The molecule has 3 aromatic heterocycles. The summed E-state index contributed by atoms with van der Waals surface area (Å²) in [6.07, 6.45) is 0. The fraction of sp³-hybridized carbons (Fsp3) is 0.0909. The lowest BCUT2D eigenvalue weighted by molar-refractivity contribution is 0.426. The van der Waals surface area contributed by atoms with Gasteiger partial charge in [0.2, 0.25) is 0 Å². The zero-order chi connectivity index (χ0) is 14.2. The largest absolute Gasteiger partial charge is 0.333 e. The molecule has 20 heavy (non-hydrogen) atoms. The van der Waals surface area contributed by atoms with Crippen molar-refractivity contribution in [3.8, 4) is 10.8 Å². The smallest absolute Gasteiger partial charge is 0.271 e. The summed E-state index contributed by atoms with van der Waals surface area (Å²) in [6, 6.07) is 4.91. The summed E-state index contributed by atoms with van der Waals surface area (Å²) in [5.41, 5.74) is 0.437. The van der Waals surface area contributed by atoms with Crippen LogP contribution in [0.5, 0.6) is 0 Å². The topological polar surface area (TPSA) is 85.1 Å². The Morgan fingerprint density at radius 1 is 1.25 bits per heavy atom. The van der Waals surface area contributed by atoms with Crippen molar-refractivity contribution in [2.45, 2.75) is 11.1 Å². The number of hydrogen-bond acceptors (Lipinski definition) is 7. The van der Waals surface area contributed by atoms with Crippen molar-refractivity contribution in [2.75, 3.05) is 4.72 Å². The number of thiophene rings is 2. The number of anilines is 1. The van der Waals surface area contributed by atoms with Gasteiger partial charge in [0.15, 0.2) is 5.82 Å². The Morgan fingerprint density at radius 3 is 2.75 bits per heavy atom. The molecule has 6 nitrogen and oxygen atoms in total. The highest BCUT2D eigenvalue weighted by Crippen LogP contribution is 2.34. The Bertz CT molecular complexity index is 818. The molecule has 0 aliphatic heterocycles. The minimum Gasteiger partial charge on any atom is -0.333 e. The van der Waals surface area contributed by atoms with Crippen molar-refractivity contribution in [3.05, 3.63) is 34.8 Å². The minimum atomic E-state index is -3.58. The zero-order valence-corrected chi connectivity index (χ0v) is 12.7. The fourth-order valence-electron chi connectivity index (χ4n) is 1.56. The van der Waals surface area contributed by atoms with E-state index >= 15 is 0 Å². The summed E-state index contributed by atoms with van der Waals surface area (Å²) < 4.78 is 32.2. The van der Waals surface area contributed by atoms with Crippen LogP contribution in [0, 0.1) is 6.92 Å². The van der Waals surface area contributed by atoms with Crippen LogP contribution in [0.4, 0.5) is 5.69 Å². The molecule has 0 unspecified atom stereocenters. The second kappa shape index (κ2) is 5.00. The fourth-order valence-corrected chi connectivity index (χ4v) is 4.46. The van der Waals surface area contributed by atoms with Crippen LogP contribution >= 0.6 is 22.7 Å². The van der Waals surface area contributed by atoms with Crippen LogP contribution in [0.25, 0.3) is 10.8 Å². The number of sulfonamides is 1. The molecular formula is C11H9N3O3S3. The lowest BCUT2D eigenvalue weighted by atomic mass is 10.4. The molecule has 3 rings (SSSR count). The Balaban J connectivity index is 1.95. The van der Waals surface area contributed by atoms with Gasteiger partial charge >= 0.3 is 0 Å². The molecule has 0 atom stereocenters. The second-order valence-corrected chi connectivity index (χ2v) is 7.62. The molecule has 0 saturated heterocycles. The molecule has 104 valence electrons. The van der Waals surface area contributed by atoms with Gasteiger partial charge in [-0.1, -0.05) is 11.2 Å². The first-order valence-corrected chi connectivity index (χ1v) is 8.75. The molecule has 0 amide bonds. The summed E-state index contributed by atoms with van der Waals surface area (Å²) >= 11 is 2.49. The number of nitrogens with one attached hydrogen (secondary N) is 1. The van der Waals surface area contributed by atoms with Gasteiger partial charge < -0.3 is 4.52 Å². The van der Waals surface area contributed by atoms with Gasteiger partial charge in [0.1, 0.15) is 9.09 Å². The monoisotopic (exact) mass is 327 g/mol. The average molecular weight is 327 g/mol. The number of rotatable bonds is 4. The van der Waals surface area contributed by atoms with Crippen LogP contribution in [0.2, 0.25) is 0 Å². The van der Waals surface area contributed by atoms with Crippen molar-refractivity contribution in [2.24, 2.45) is 0 Å². The van der Waals surface area contributed by atoms with Gasteiger partial charge in [-0.2, -0.15) is 4.98 Å². The Morgan fingerprint density at radius 2 is 2.10 bits per heavy atom. The quantitative estimate of drug-likeness (QED) is 0.796. The summed E-state index contributed by atoms with van der Waals surface area (Å²) in [5.74, 6) is 0.807. The molecule has 3 aromatic rings. The number of hydrogen-bond donors (Lipinski definition) is 1. The third-order valence-electron chi connectivity index (χ3n) is 2.39. The lowest BCUT2D eigenvalue weighted by Crippen LogP contribution is -2.11. The molecule has 0 saturated carbocycles. The Kier molecular flexibility index (Phi) is 3.32. The van der Waals surface area contributed by atoms with Crippen LogP contribution in [-0.2, 0) is 10.0 Å². The predicted octanol–water partition coefficient (Wildman–Crippen LogP) is 2.97. The highest BCUT2D eigenvalue weighted by Gasteiger charge is 2.20. The number of aryl methyl sites for hydroxylation is 1. The molecule has 0 spiro atoms. The van der Waals surface area contributed by atoms with E-state index in [0.29, 0.717) is 22.3 Å². The van der Waals surface area contributed by atoms with Gasteiger partial charge in [-0.3, -0.25) is 4.72 Å². The molecule has 0 aliphatic rings. The van der Waals surface area contributed by atoms with Crippen LogP contribution in [0.15, 0.2) is 37.7 Å². The van der Waals surface area contributed by atoms with Crippen LogP contribution in [0.3, 0.4) is 0 Å². The van der Waals surface area contributed by atoms with E-state index in [9.17, 15) is 8.42 Å². The maximum absolute atomic E-state index is 12.2. The molecule has 9 heteroatoms. The van der Waals surface area contributed by atoms with Crippen molar-refractivity contribution in [1.82, 2.24) is 10.1 Å². The van der Waals surface area contributed by atoms with Gasteiger partial charge in [0.25, 0.3) is 15.9 Å². The zero-order valence-electron chi connectivity index (χ0n) is 10.2. The first-order chi connectivity index (χ1) is 9.56. The van der Waals surface area contributed by atoms with Crippen molar-refractivity contribution >= 4 is 38.4 Å². The minimum absolute atomic E-state index is 0.261. The van der Waals surface area contributed by atoms with E-state index in [1.165, 1.54) is 11.3 Å². The third kappa shape index (κ3) is 2.47. The SMILES string of the molecule is Cc1noc(-c2sccc2NS(=O)(=O)c2cccs2)n1. The van der Waals surface area contributed by atoms with Crippen LogP contribution in [0.1, 0.15) is 5.82 Å². The lowest BCUT2D eigenvalue weighted by Gasteiger charge is -2.05. The van der Waals surface area contributed by atoms with E-state index in [-0.39, 0.29) is 4.21 Å². The second-order valence-electron chi connectivity index (χ2n) is 3.85. The van der Waals surface area contributed by atoms with Crippen LogP contribution < -0.4 is 4.72 Å². The van der Waals surface area contributed by atoms with Crippen molar-refractivity contribution < 1.29 is 12.9 Å². The molecular weight excluding hydrogens is 318 g/mol. The average Bonchev–Trinajstić information content (AvgIpc) is 3.07. The summed E-state index contributed by atoms with van der Waals surface area (Å²) in [4.78, 5) is 4.71. The van der Waals surface area contributed by atoms with Crippen LogP contribution in [-0.4, -0.2) is 18.6 Å². The molecule has 1 N–H and O–H groups in total. The van der Waals surface area contributed by atoms with Gasteiger partial charge in [-0.15, -0.1) is 22.7 Å². The van der Waals surface area contributed by atoms with Gasteiger partial charge in [-0.05, 0) is 29.8 Å². The van der Waals surface area contributed by atoms with Crippen molar-refractivity contribution in [1.29, 1.82) is 0 Å². The first-order valence-electron chi connectivity index (χ1n) is 5.51. The van der Waals surface area contributed by atoms with E-state index in [0.717, 1.165) is 11.3 Å². The number of nitrogens with zero attached hydrogens (tertiary/aromatic N) is 2. The van der Waals surface area contributed by atoms with Gasteiger partial charge in [0, 0.05) is 0 Å². The van der Waals surface area contributed by atoms with E-state index in [4.69, 9.17) is 4.52 Å². The maximum Gasteiger partial charge on any atom is 0.271 e. The third-order valence-corrected chi connectivity index (χ3v) is 6.06.